The molecule has 0 aliphatic carbocycles. The zero-order valence-electron chi connectivity index (χ0n) is 30.4. The number of fused-ring (bicyclic) bond motifs is 8. The van der Waals surface area contributed by atoms with Crippen LogP contribution in [0.1, 0.15) is 108 Å². The highest BCUT2D eigenvalue weighted by Gasteiger charge is 2.51. The van der Waals surface area contributed by atoms with Crippen molar-refractivity contribution < 1.29 is 0 Å². The Morgan fingerprint density at radius 2 is 1.10 bits per heavy atom. The largest absolute Gasteiger partial charge is 0.375 e. The van der Waals surface area contributed by atoms with Gasteiger partial charge in [0.25, 0.3) is 0 Å². The average Bonchev–Trinajstić information content (AvgIpc) is 3.01. The van der Waals surface area contributed by atoms with Crippen LogP contribution in [0.2, 0.25) is 0 Å². The van der Waals surface area contributed by atoms with E-state index in [9.17, 15) is 0 Å². The summed E-state index contributed by atoms with van der Waals surface area (Å²) in [5.74, 6) is 0. The van der Waals surface area contributed by atoms with E-state index in [0.29, 0.717) is 0 Å². The Labute approximate surface area is 292 Å². The van der Waals surface area contributed by atoms with Crippen LogP contribution < -0.4 is 15.7 Å². The molecular formula is C45H46BNS. The Balaban J connectivity index is 1.45. The van der Waals surface area contributed by atoms with Gasteiger partial charge in [-0.1, -0.05) is 141 Å². The lowest BCUT2D eigenvalue weighted by atomic mass is 9.41. The summed E-state index contributed by atoms with van der Waals surface area (Å²) in [6.07, 6.45) is 0. The lowest BCUT2D eigenvalue weighted by molar-refractivity contribution is 0.574. The second kappa shape index (κ2) is 9.30. The standard InChI is InChI=1S/C45H46BNS/c1-25-16-17-36-28(18-25)30-19-26(42(2,3)4)21-34-40(30)47-41-31(20-27(43(5,6)7)22-35(41)45(34,10)11)29-23-33-39(24-37(29)46(36)47)48-38-15-13-12-14-32(38)44(33,8)9/h12-24H,1-11H3. The van der Waals surface area contributed by atoms with E-state index in [2.05, 4.69) is 160 Å². The Hall–Kier alpha value is -3.69. The summed E-state index contributed by atoms with van der Waals surface area (Å²) in [4.78, 5) is 5.55. The second-order valence-electron chi connectivity index (χ2n) is 18.0. The van der Waals surface area contributed by atoms with Gasteiger partial charge in [-0.3, -0.25) is 0 Å². The molecule has 9 rings (SSSR count). The first-order valence-electron chi connectivity index (χ1n) is 17.7. The highest BCUT2D eigenvalue weighted by atomic mass is 32.2. The van der Waals surface area contributed by atoms with E-state index in [1.807, 2.05) is 11.8 Å². The van der Waals surface area contributed by atoms with Crippen LogP contribution in [0.25, 0.3) is 22.3 Å². The van der Waals surface area contributed by atoms with Crippen molar-refractivity contribution in [3.05, 3.63) is 118 Å². The van der Waals surface area contributed by atoms with Crippen molar-refractivity contribution in [1.82, 2.24) is 0 Å². The molecule has 240 valence electrons. The highest BCUT2D eigenvalue weighted by molar-refractivity contribution is 7.99. The van der Waals surface area contributed by atoms with E-state index in [4.69, 9.17) is 0 Å². The normalized spacial score (nSPS) is 17.2. The van der Waals surface area contributed by atoms with Crippen molar-refractivity contribution in [3.8, 4) is 22.3 Å². The highest BCUT2D eigenvalue weighted by Crippen LogP contribution is 2.60. The number of hydrogen-bond acceptors (Lipinski definition) is 2. The van der Waals surface area contributed by atoms with E-state index in [-0.39, 0.29) is 28.5 Å². The molecule has 4 heterocycles. The number of anilines is 2. The number of rotatable bonds is 0. The molecule has 0 aromatic heterocycles. The molecule has 0 amide bonds. The summed E-state index contributed by atoms with van der Waals surface area (Å²) in [6, 6.07) is 31.6. The van der Waals surface area contributed by atoms with Gasteiger partial charge in [-0.15, -0.1) is 0 Å². The molecule has 0 saturated heterocycles. The topological polar surface area (TPSA) is 3.24 Å². The number of nitrogens with zero attached hydrogens (tertiary/aromatic N) is 1. The van der Waals surface area contributed by atoms with Gasteiger partial charge in [0.05, 0.1) is 0 Å². The van der Waals surface area contributed by atoms with Gasteiger partial charge in [0.2, 0.25) is 0 Å². The summed E-state index contributed by atoms with van der Waals surface area (Å²) in [5, 5.41) is 0. The lowest BCUT2D eigenvalue weighted by Gasteiger charge is -2.52. The fourth-order valence-electron chi connectivity index (χ4n) is 9.08. The molecule has 0 spiro atoms. The van der Waals surface area contributed by atoms with Gasteiger partial charge in [0.15, 0.2) is 0 Å². The van der Waals surface area contributed by atoms with Crippen molar-refractivity contribution in [2.45, 2.75) is 108 Å². The van der Waals surface area contributed by atoms with Crippen molar-refractivity contribution in [2.75, 3.05) is 4.81 Å². The summed E-state index contributed by atoms with van der Waals surface area (Å²) < 4.78 is 0. The minimum atomic E-state index is -0.168. The van der Waals surface area contributed by atoms with Gasteiger partial charge >= 0.3 is 6.85 Å². The first-order valence-corrected chi connectivity index (χ1v) is 18.5. The summed E-state index contributed by atoms with van der Waals surface area (Å²) in [7, 11) is 0. The van der Waals surface area contributed by atoms with Gasteiger partial charge in [-0.25, -0.2) is 0 Å². The van der Waals surface area contributed by atoms with Crippen LogP contribution in [0.3, 0.4) is 0 Å². The first-order chi connectivity index (χ1) is 22.5. The molecule has 5 aromatic carbocycles. The van der Waals surface area contributed by atoms with Crippen molar-refractivity contribution in [3.63, 3.8) is 0 Å². The predicted molar refractivity (Wildman–Crippen MR) is 208 cm³/mol. The maximum Gasteiger partial charge on any atom is 0.329 e. The number of benzene rings is 5. The minimum absolute atomic E-state index is 0.0195. The molecule has 48 heavy (non-hydrogen) atoms. The molecule has 0 bridgehead atoms. The zero-order valence-corrected chi connectivity index (χ0v) is 31.3. The van der Waals surface area contributed by atoms with Gasteiger partial charge in [-0.05, 0) is 97.5 Å². The van der Waals surface area contributed by atoms with E-state index >= 15 is 0 Å². The van der Waals surface area contributed by atoms with Crippen LogP contribution in [0.4, 0.5) is 11.4 Å². The Bertz CT molecular complexity index is 2260. The maximum absolute atomic E-state index is 2.78. The smallest absolute Gasteiger partial charge is 0.329 e. The second-order valence-corrected chi connectivity index (χ2v) is 19.1. The maximum atomic E-state index is 2.78. The van der Waals surface area contributed by atoms with Gasteiger partial charge in [0.1, 0.15) is 0 Å². The third-order valence-corrected chi connectivity index (χ3v) is 13.2. The minimum Gasteiger partial charge on any atom is -0.375 e. The van der Waals surface area contributed by atoms with E-state index in [0.717, 1.165) is 0 Å². The fourth-order valence-corrected chi connectivity index (χ4v) is 10.5. The Kier molecular flexibility index (Phi) is 5.89. The van der Waals surface area contributed by atoms with Crippen LogP contribution in [0, 0.1) is 6.92 Å². The van der Waals surface area contributed by atoms with Crippen LogP contribution in [0.15, 0.2) is 88.7 Å². The molecule has 4 aliphatic rings. The quantitative estimate of drug-likeness (QED) is 0.155. The van der Waals surface area contributed by atoms with Crippen LogP contribution in [-0.2, 0) is 21.7 Å². The Morgan fingerprint density at radius 3 is 1.71 bits per heavy atom. The third-order valence-electron chi connectivity index (χ3n) is 12.0. The molecule has 0 fully saturated rings. The summed E-state index contributed by atoms with van der Waals surface area (Å²) >= 11 is 1.96. The molecule has 0 radical (unpaired) electrons. The van der Waals surface area contributed by atoms with Crippen molar-refractivity contribution >= 4 is 40.9 Å². The summed E-state index contributed by atoms with van der Waals surface area (Å²) in [6.45, 7) is 26.4. The average molecular weight is 644 g/mol. The molecular weight excluding hydrogens is 597 g/mol. The molecule has 0 N–H and O–H groups in total. The lowest BCUT2D eigenvalue weighted by Crippen LogP contribution is -2.61. The molecule has 0 atom stereocenters. The first kappa shape index (κ1) is 30.4. The third kappa shape index (κ3) is 3.89. The summed E-state index contributed by atoms with van der Waals surface area (Å²) in [5.41, 5.74) is 21.0. The van der Waals surface area contributed by atoms with E-state index in [1.165, 1.54) is 93.3 Å². The fraction of sp³-hybridized carbons (Fsp3) is 0.333. The van der Waals surface area contributed by atoms with Crippen LogP contribution >= 0.6 is 11.8 Å². The van der Waals surface area contributed by atoms with E-state index in [1.54, 1.807) is 0 Å². The molecule has 0 unspecified atom stereocenters. The molecule has 5 aromatic rings. The predicted octanol–water partition coefficient (Wildman–Crippen LogP) is 10.9. The van der Waals surface area contributed by atoms with Gasteiger partial charge < -0.3 is 4.81 Å². The molecule has 0 saturated carbocycles. The van der Waals surface area contributed by atoms with Crippen molar-refractivity contribution in [2.24, 2.45) is 0 Å². The van der Waals surface area contributed by atoms with Gasteiger partial charge in [-0.2, -0.15) is 0 Å². The monoisotopic (exact) mass is 643 g/mol. The molecule has 3 heteroatoms. The van der Waals surface area contributed by atoms with Crippen molar-refractivity contribution in [1.29, 1.82) is 0 Å². The number of aryl methyl sites for hydroxylation is 1. The van der Waals surface area contributed by atoms with Crippen LogP contribution in [0.5, 0.6) is 0 Å². The Morgan fingerprint density at radius 1 is 0.542 bits per heavy atom. The number of hydrogen-bond donors (Lipinski definition) is 0. The molecule has 1 nitrogen and oxygen atoms in total. The van der Waals surface area contributed by atoms with Crippen LogP contribution in [-0.4, -0.2) is 6.85 Å². The van der Waals surface area contributed by atoms with E-state index < -0.39 is 0 Å². The zero-order chi connectivity index (χ0) is 33.9. The SMILES string of the molecule is Cc1ccc2c(c1)-c1cc(C(C)(C)C)cc3c1N1B2c2cc4c(cc2-c2cc(C(C)(C)C)cc(c21)C3(C)C)C(C)(C)c1ccccc1S4. The molecule has 4 aliphatic heterocycles. The van der Waals surface area contributed by atoms with Gasteiger partial charge in [0, 0.05) is 43.1 Å².